The van der Waals surface area contributed by atoms with Gasteiger partial charge in [-0.2, -0.15) is 0 Å². The number of aromatic nitrogens is 1. The number of nitrogens with zero attached hydrogens (tertiary/aromatic N) is 1. The van der Waals surface area contributed by atoms with Crippen LogP contribution in [-0.4, -0.2) is 18.1 Å². The molecule has 0 fully saturated rings. The molecule has 0 unspecified atom stereocenters. The quantitative estimate of drug-likeness (QED) is 0.639. The number of pyridine rings is 1. The van der Waals surface area contributed by atoms with Crippen LogP contribution in [0, 0.1) is 12.8 Å². The van der Waals surface area contributed by atoms with Gasteiger partial charge in [0.2, 0.25) is 0 Å². The van der Waals surface area contributed by atoms with Crippen molar-refractivity contribution in [2.24, 2.45) is 5.92 Å². The van der Waals surface area contributed by atoms with Gasteiger partial charge >= 0.3 is 5.97 Å². The number of hydrogen-bond acceptors (Lipinski definition) is 4. The predicted octanol–water partition coefficient (Wildman–Crippen LogP) is 4.82. The molecule has 0 spiro atoms. The topological polar surface area (TPSA) is 51.2 Å². The van der Waals surface area contributed by atoms with Crippen molar-refractivity contribution < 1.29 is 9.53 Å². The van der Waals surface area contributed by atoms with Gasteiger partial charge in [0.1, 0.15) is 0 Å². The normalized spacial score (nSPS) is 12.3. The molecular weight excluding hydrogens is 336 g/mol. The summed E-state index contributed by atoms with van der Waals surface area (Å²) in [6.45, 7) is 6.82. The number of carbonyl (C=O) groups is 1. The maximum Gasteiger partial charge on any atom is 0.340 e. The lowest BCUT2D eigenvalue weighted by atomic mass is 9.95. The van der Waals surface area contributed by atoms with Gasteiger partial charge in [0.05, 0.1) is 23.9 Å². The van der Waals surface area contributed by atoms with E-state index in [1.54, 1.807) is 0 Å². The molecule has 2 aromatic carbocycles. The number of nitrogens with one attached hydrogen (secondary N) is 1. The molecular formula is C23H26N2O2. The molecule has 0 aliphatic rings. The molecule has 4 nitrogen and oxygen atoms in total. The summed E-state index contributed by atoms with van der Waals surface area (Å²) in [5, 5.41) is 4.57. The minimum Gasteiger partial charge on any atom is -0.465 e. The fourth-order valence-electron chi connectivity index (χ4n) is 3.55. The monoisotopic (exact) mass is 362 g/mol. The number of methoxy groups -OCH3 is 1. The second-order valence-corrected chi connectivity index (χ2v) is 7.08. The molecule has 0 aliphatic carbocycles. The Hall–Kier alpha value is -2.72. The van der Waals surface area contributed by atoms with E-state index in [-0.39, 0.29) is 12.0 Å². The van der Waals surface area contributed by atoms with E-state index in [1.807, 2.05) is 49.4 Å². The van der Waals surface area contributed by atoms with E-state index in [1.165, 1.54) is 12.7 Å². The summed E-state index contributed by atoms with van der Waals surface area (Å²) in [7, 11) is 1.41. The van der Waals surface area contributed by atoms with Gasteiger partial charge < -0.3 is 10.1 Å². The van der Waals surface area contributed by atoms with E-state index in [0.29, 0.717) is 18.0 Å². The Labute approximate surface area is 160 Å². The Morgan fingerprint density at radius 2 is 1.74 bits per heavy atom. The number of esters is 1. The molecule has 4 heteroatoms. The molecule has 0 saturated carbocycles. The minimum atomic E-state index is -0.344. The molecule has 3 aromatic rings. The predicted molar refractivity (Wildman–Crippen MR) is 109 cm³/mol. The van der Waals surface area contributed by atoms with Crippen molar-refractivity contribution in [3.8, 4) is 0 Å². The molecule has 0 saturated heterocycles. The Morgan fingerprint density at radius 3 is 2.41 bits per heavy atom. The Morgan fingerprint density at radius 1 is 1.07 bits per heavy atom. The van der Waals surface area contributed by atoms with Crippen molar-refractivity contribution >= 4 is 16.9 Å². The summed E-state index contributed by atoms with van der Waals surface area (Å²) in [4.78, 5) is 17.2. The summed E-state index contributed by atoms with van der Waals surface area (Å²) in [6, 6.07) is 18.4. The van der Waals surface area contributed by atoms with Crippen LogP contribution < -0.4 is 5.32 Å². The maximum atomic E-state index is 12.5. The van der Waals surface area contributed by atoms with Crippen molar-refractivity contribution in [3.05, 3.63) is 77.0 Å². The second-order valence-electron chi connectivity index (χ2n) is 7.08. The number of para-hydroxylation sites is 1. The van der Waals surface area contributed by atoms with Crippen LogP contribution >= 0.6 is 0 Å². The smallest absolute Gasteiger partial charge is 0.340 e. The third kappa shape index (κ3) is 4.01. The highest BCUT2D eigenvalue weighted by atomic mass is 16.5. The average Bonchev–Trinajstić information content (AvgIpc) is 2.68. The number of hydrogen-bond donors (Lipinski definition) is 1. The number of fused-ring (bicyclic) bond motifs is 1. The summed E-state index contributed by atoms with van der Waals surface area (Å²) in [5.74, 6) is 0.0545. The van der Waals surface area contributed by atoms with E-state index < -0.39 is 0 Å². The third-order valence-corrected chi connectivity index (χ3v) is 4.93. The van der Waals surface area contributed by atoms with Crippen molar-refractivity contribution in [1.82, 2.24) is 10.3 Å². The van der Waals surface area contributed by atoms with E-state index in [0.717, 1.165) is 22.2 Å². The first-order valence-corrected chi connectivity index (χ1v) is 9.27. The standard InChI is InChI=1S/C23H26N2O2/c1-15(2)22(17-10-6-5-7-11-17)24-14-20-21(23(26)27-4)16(3)18-12-8-9-13-19(18)25-20/h5-13,15,22,24H,14H2,1-4H3/t22-/m1/s1. The third-order valence-electron chi connectivity index (χ3n) is 4.93. The second kappa shape index (κ2) is 8.31. The molecule has 0 aliphatic heterocycles. The van der Waals surface area contributed by atoms with Gasteiger partial charge in [-0.1, -0.05) is 62.4 Å². The first-order chi connectivity index (χ1) is 13.0. The first-order valence-electron chi connectivity index (χ1n) is 9.27. The van der Waals surface area contributed by atoms with Crippen LogP contribution in [0.5, 0.6) is 0 Å². The van der Waals surface area contributed by atoms with Crippen LogP contribution in [0.4, 0.5) is 0 Å². The van der Waals surface area contributed by atoms with E-state index in [4.69, 9.17) is 9.72 Å². The molecule has 1 atom stereocenters. The van der Waals surface area contributed by atoms with Gasteiger partial charge in [0.15, 0.2) is 0 Å². The fraction of sp³-hybridized carbons (Fsp3) is 0.304. The molecule has 0 amide bonds. The highest BCUT2D eigenvalue weighted by Gasteiger charge is 2.21. The minimum absolute atomic E-state index is 0.172. The molecule has 1 heterocycles. The van der Waals surface area contributed by atoms with Gasteiger partial charge in [0.25, 0.3) is 0 Å². The van der Waals surface area contributed by atoms with E-state index in [9.17, 15) is 4.79 Å². The van der Waals surface area contributed by atoms with Crippen LogP contribution in [-0.2, 0) is 11.3 Å². The van der Waals surface area contributed by atoms with Crippen molar-refractivity contribution in [2.45, 2.75) is 33.4 Å². The van der Waals surface area contributed by atoms with Crippen molar-refractivity contribution in [3.63, 3.8) is 0 Å². The van der Waals surface area contributed by atoms with E-state index in [2.05, 4.69) is 31.3 Å². The number of benzene rings is 2. The Bertz CT molecular complexity index is 936. The first kappa shape index (κ1) is 19.1. The van der Waals surface area contributed by atoms with E-state index >= 15 is 0 Å². The lowest BCUT2D eigenvalue weighted by molar-refractivity contribution is 0.0598. The average molecular weight is 362 g/mol. The SMILES string of the molecule is COC(=O)c1c(CN[C@@H](c2ccccc2)C(C)C)nc2ccccc2c1C. The van der Waals surface area contributed by atoms with Crippen molar-refractivity contribution in [2.75, 3.05) is 7.11 Å². The molecule has 140 valence electrons. The Balaban J connectivity index is 1.99. The number of carbonyl (C=O) groups excluding carboxylic acids is 1. The lowest BCUT2D eigenvalue weighted by Gasteiger charge is -2.24. The summed E-state index contributed by atoms with van der Waals surface area (Å²) < 4.78 is 5.04. The number of ether oxygens (including phenoxy) is 1. The molecule has 0 radical (unpaired) electrons. The summed E-state index contributed by atoms with van der Waals surface area (Å²) in [6.07, 6.45) is 0. The molecule has 1 N–H and O–H groups in total. The summed E-state index contributed by atoms with van der Waals surface area (Å²) in [5.41, 5.74) is 4.30. The molecule has 1 aromatic heterocycles. The van der Waals surface area contributed by atoms with Gasteiger partial charge in [-0.05, 0) is 30.0 Å². The van der Waals surface area contributed by atoms with Gasteiger partial charge in [0, 0.05) is 18.0 Å². The van der Waals surface area contributed by atoms with Crippen LogP contribution in [0.25, 0.3) is 10.9 Å². The largest absolute Gasteiger partial charge is 0.465 e. The maximum absolute atomic E-state index is 12.5. The molecule has 0 bridgehead atoms. The summed E-state index contributed by atoms with van der Waals surface area (Å²) >= 11 is 0. The highest BCUT2D eigenvalue weighted by Crippen LogP contribution is 2.26. The van der Waals surface area contributed by atoms with Gasteiger partial charge in [-0.3, -0.25) is 4.98 Å². The zero-order valence-electron chi connectivity index (χ0n) is 16.3. The zero-order valence-corrected chi connectivity index (χ0v) is 16.3. The van der Waals surface area contributed by atoms with Crippen LogP contribution in [0.2, 0.25) is 0 Å². The molecule has 3 rings (SSSR count). The zero-order chi connectivity index (χ0) is 19.4. The van der Waals surface area contributed by atoms with Crippen molar-refractivity contribution in [1.29, 1.82) is 0 Å². The highest BCUT2D eigenvalue weighted by molar-refractivity contribution is 5.98. The van der Waals surface area contributed by atoms with Crippen LogP contribution in [0.1, 0.15) is 47.1 Å². The van der Waals surface area contributed by atoms with Gasteiger partial charge in [-0.25, -0.2) is 4.79 Å². The molecule has 27 heavy (non-hydrogen) atoms. The fourth-order valence-corrected chi connectivity index (χ4v) is 3.55. The Kier molecular flexibility index (Phi) is 5.87. The number of rotatable bonds is 6. The van der Waals surface area contributed by atoms with Gasteiger partial charge in [-0.15, -0.1) is 0 Å². The van der Waals surface area contributed by atoms with Crippen LogP contribution in [0.15, 0.2) is 54.6 Å². The van der Waals surface area contributed by atoms with Crippen LogP contribution in [0.3, 0.4) is 0 Å². The lowest BCUT2D eigenvalue weighted by Crippen LogP contribution is -2.27. The number of aryl methyl sites for hydroxylation is 1.